The van der Waals surface area contributed by atoms with E-state index in [9.17, 15) is 4.79 Å². The molecule has 1 aromatic heterocycles. The fourth-order valence-corrected chi connectivity index (χ4v) is 4.16. The molecule has 2 aromatic rings. The van der Waals surface area contributed by atoms with Gasteiger partial charge in [0.05, 0.1) is 4.88 Å². The molecule has 100 valence electrons. The van der Waals surface area contributed by atoms with Gasteiger partial charge in [-0.15, -0.1) is 11.3 Å². The molecule has 0 aliphatic carbocycles. The predicted molar refractivity (Wildman–Crippen MR) is 80.1 cm³/mol. The van der Waals surface area contributed by atoms with E-state index in [1.165, 1.54) is 15.6 Å². The van der Waals surface area contributed by atoms with E-state index in [0.717, 1.165) is 24.4 Å². The van der Waals surface area contributed by atoms with E-state index in [1.807, 2.05) is 6.07 Å². The van der Waals surface area contributed by atoms with Gasteiger partial charge < -0.3 is 10.2 Å². The standard InChI is InChI=1S/C15H18N2OS/c1-16-15(18)14-13(10-7-8-17(2)9-10)11-5-3-4-6-12(11)19-14/h3-6,10H,7-9H2,1-2H3,(H,16,18)/t10-/m1/s1. The Hall–Kier alpha value is -1.39. The van der Waals surface area contributed by atoms with Gasteiger partial charge in [0.2, 0.25) is 0 Å². The normalized spacial score (nSPS) is 20.0. The van der Waals surface area contributed by atoms with Crippen LogP contribution in [0.5, 0.6) is 0 Å². The Balaban J connectivity index is 2.16. The largest absolute Gasteiger partial charge is 0.354 e. The Morgan fingerprint density at radius 2 is 2.21 bits per heavy atom. The van der Waals surface area contributed by atoms with Gasteiger partial charge in [-0.25, -0.2) is 0 Å². The highest BCUT2D eigenvalue weighted by atomic mass is 32.1. The first-order chi connectivity index (χ1) is 9.20. The summed E-state index contributed by atoms with van der Waals surface area (Å²) >= 11 is 1.61. The zero-order valence-corrected chi connectivity index (χ0v) is 12.1. The van der Waals surface area contributed by atoms with Gasteiger partial charge in [-0.05, 0) is 37.0 Å². The first kappa shape index (κ1) is 12.6. The van der Waals surface area contributed by atoms with Crippen molar-refractivity contribution in [2.45, 2.75) is 12.3 Å². The van der Waals surface area contributed by atoms with Crippen molar-refractivity contribution in [3.05, 3.63) is 34.7 Å². The van der Waals surface area contributed by atoms with Crippen LogP contribution in [-0.4, -0.2) is 38.0 Å². The van der Waals surface area contributed by atoms with E-state index >= 15 is 0 Å². The topological polar surface area (TPSA) is 32.3 Å². The van der Waals surface area contributed by atoms with E-state index in [2.05, 4.69) is 35.5 Å². The van der Waals surface area contributed by atoms with Crippen LogP contribution in [0.25, 0.3) is 10.1 Å². The molecule has 1 saturated heterocycles. The van der Waals surface area contributed by atoms with Gasteiger partial charge >= 0.3 is 0 Å². The van der Waals surface area contributed by atoms with Gasteiger partial charge in [0.1, 0.15) is 0 Å². The molecule has 0 bridgehead atoms. The highest BCUT2D eigenvalue weighted by molar-refractivity contribution is 7.21. The molecule has 1 atom stereocenters. The third kappa shape index (κ3) is 2.15. The number of likely N-dealkylation sites (N-methyl/N-ethyl adjacent to an activating group) is 1. The average molecular weight is 274 g/mol. The monoisotopic (exact) mass is 274 g/mol. The van der Waals surface area contributed by atoms with Gasteiger partial charge in [-0.3, -0.25) is 4.79 Å². The molecule has 1 aliphatic rings. The van der Waals surface area contributed by atoms with Crippen molar-refractivity contribution in [3.63, 3.8) is 0 Å². The zero-order valence-electron chi connectivity index (χ0n) is 11.3. The van der Waals surface area contributed by atoms with Gasteiger partial charge in [-0.1, -0.05) is 18.2 Å². The molecule has 0 spiro atoms. The number of benzene rings is 1. The Morgan fingerprint density at radius 1 is 1.42 bits per heavy atom. The van der Waals surface area contributed by atoms with E-state index in [0.29, 0.717) is 5.92 Å². The highest BCUT2D eigenvalue weighted by Crippen LogP contribution is 2.39. The number of likely N-dealkylation sites (tertiary alicyclic amines) is 1. The molecule has 1 aliphatic heterocycles. The van der Waals surface area contributed by atoms with Gasteiger partial charge in [0.15, 0.2) is 0 Å². The van der Waals surface area contributed by atoms with Crippen LogP contribution in [0.3, 0.4) is 0 Å². The van der Waals surface area contributed by atoms with Crippen molar-refractivity contribution in [1.29, 1.82) is 0 Å². The molecule has 3 rings (SSSR count). The molecule has 1 N–H and O–H groups in total. The molecule has 4 heteroatoms. The van der Waals surface area contributed by atoms with Crippen LogP contribution < -0.4 is 5.32 Å². The van der Waals surface area contributed by atoms with Crippen molar-refractivity contribution in [2.24, 2.45) is 0 Å². The van der Waals surface area contributed by atoms with Crippen molar-refractivity contribution >= 4 is 27.3 Å². The predicted octanol–water partition coefficient (Wildman–Crippen LogP) is 2.68. The maximum absolute atomic E-state index is 12.1. The van der Waals surface area contributed by atoms with E-state index in [1.54, 1.807) is 18.4 Å². The molecular weight excluding hydrogens is 256 g/mol. The highest BCUT2D eigenvalue weighted by Gasteiger charge is 2.28. The number of amides is 1. The van der Waals surface area contributed by atoms with E-state index < -0.39 is 0 Å². The van der Waals surface area contributed by atoms with Crippen LogP contribution in [0.2, 0.25) is 0 Å². The molecule has 0 unspecified atom stereocenters. The SMILES string of the molecule is CNC(=O)c1sc2ccccc2c1[C@@H]1CCN(C)C1. The first-order valence-electron chi connectivity index (χ1n) is 6.62. The lowest BCUT2D eigenvalue weighted by Gasteiger charge is -2.12. The summed E-state index contributed by atoms with van der Waals surface area (Å²) in [7, 11) is 3.85. The first-order valence-corrected chi connectivity index (χ1v) is 7.44. The lowest BCUT2D eigenvalue weighted by atomic mass is 9.95. The lowest BCUT2D eigenvalue weighted by molar-refractivity contribution is 0.0966. The van der Waals surface area contributed by atoms with E-state index in [-0.39, 0.29) is 5.91 Å². The Morgan fingerprint density at radius 3 is 2.89 bits per heavy atom. The quantitative estimate of drug-likeness (QED) is 0.913. The maximum atomic E-state index is 12.1. The lowest BCUT2D eigenvalue weighted by Crippen LogP contribution is -2.19. The summed E-state index contributed by atoms with van der Waals surface area (Å²) in [6, 6.07) is 8.35. The van der Waals surface area contributed by atoms with Crippen LogP contribution in [0.15, 0.2) is 24.3 Å². The second-order valence-corrected chi connectivity index (χ2v) is 6.22. The minimum absolute atomic E-state index is 0.0470. The summed E-state index contributed by atoms with van der Waals surface area (Å²) in [4.78, 5) is 15.4. The second kappa shape index (κ2) is 4.94. The minimum atomic E-state index is 0.0470. The molecule has 2 heterocycles. The Labute approximate surface area is 117 Å². The average Bonchev–Trinajstić information content (AvgIpc) is 3.00. The molecule has 1 fully saturated rings. The number of carbonyl (C=O) groups excluding carboxylic acids is 1. The number of thiophene rings is 1. The molecule has 0 radical (unpaired) electrons. The molecule has 19 heavy (non-hydrogen) atoms. The number of fused-ring (bicyclic) bond motifs is 1. The second-order valence-electron chi connectivity index (χ2n) is 5.17. The fourth-order valence-electron chi connectivity index (χ4n) is 2.92. The van der Waals surface area contributed by atoms with Crippen molar-refractivity contribution in [2.75, 3.05) is 27.2 Å². The summed E-state index contributed by atoms with van der Waals surface area (Å²) < 4.78 is 1.21. The van der Waals surface area contributed by atoms with Crippen LogP contribution in [0.1, 0.15) is 27.6 Å². The summed E-state index contributed by atoms with van der Waals surface area (Å²) in [6.07, 6.45) is 1.14. The molecule has 1 aromatic carbocycles. The van der Waals surface area contributed by atoms with Gasteiger partial charge in [0.25, 0.3) is 5.91 Å². The molecular formula is C15H18N2OS. The van der Waals surface area contributed by atoms with Gasteiger partial charge in [-0.2, -0.15) is 0 Å². The zero-order chi connectivity index (χ0) is 13.4. The molecule has 0 saturated carbocycles. The van der Waals surface area contributed by atoms with Crippen LogP contribution in [0.4, 0.5) is 0 Å². The Bertz CT molecular complexity index is 620. The smallest absolute Gasteiger partial charge is 0.261 e. The van der Waals surface area contributed by atoms with E-state index in [4.69, 9.17) is 0 Å². The third-order valence-electron chi connectivity index (χ3n) is 3.87. The summed E-state index contributed by atoms with van der Waals surface area (Å²) in [5.41, 5.74) is 1.25. The van der Waals surface area contributed by atoms with Crippen LogP contribution in [-0.2, 0) is 0 Å². The number of nitrogens with one attached hydrogen (secondary N) is 1. The number of nitrogens with zero attached hydrogens (tertiary/aromatic N) is 1. The van der Waals surface area contributed by atoms with Crippen LogP contribution >= 0.6 is 11.3 Å². The third-order valence-corrected chi connectivity index (χ3v) is 5.05. The van der Waals surface area contributed by atoms with Crippen molar-refractivity contribution in [3.8, 4) is 0 Å². The van der Waals surface area contributed by atoms with Crippen molar-refractivity contribution in [1.82, 2.24) is 10.2 Å². The molecule has 3 nitrogen and oxygen atoms in total. The molecule has 1 amide bonds. The summed E-state index contributed by atoms with van der Waals surface area (Å²) in [6.45, 7) is 2.16. The minimum Gasteiger partial charge on any atom is -0.354 e. The fraction of sp³-hybridized carbons (Fsp3) is 0.400. The Kier molecular flexibility index (Phi) is 3.29. The number of hydrogen-bond acceptors (Lipinski definition) is 3. The number of hydrogen-bond donors (Lipinski definition) is 1. The van der Waals surface area contributed by atoms with Gasteiger partial charge in [0, 0.05) is 24.2 Å². The summed E-state index contributed by atoms with van der Waals surface area (Å²) in [5.74, 6) is 0.527. The van der Waals surface area contributed by atoms with Crippen LogP contribution in [0, 0.1) is 0 Å². The van der Waals surface area contributed by atoms with Crippen molar-refractivity contribution < 1.29 is 4.79 Å². The maximum Gasteiger partial charge on any atom is 0.261 e. The number of rotatable bonds is 2. The number of carbonyl (C=O) groups is 1. The summed E-state index contributed by atoms with van der Waals surface area (Å²) in [5, 5.41) is 4.03.